The molecule has 7 nitrogen and oxygen atoms in total. The highest BCUT2D eigenvalue weighted by molar-refractivity contribution is 7.89. The van der Waals surface area contributed by atoms with E-state index >= 15 is 0 Å². The Labute approximate surface area is 163 Å². The molecule has 0 aromatic heterocycles. The Hall–Kier alpha value is -2.78. The molecule has 0 spiro atoms. The fourth-order valence-electron chi connectivity index (χ4n) is 2.46. The summed E-state index contributed by atoms with van der Waals surface area (Å²) < 4.78 is 41.5. The Balaban J connectivity index is 2.09. The summed E-state index contributed by atoms with van der Waals surface area (Å²) in [7, 11) is -4.12. The van der Waals surface area contributed by atoms with E-state index in [1.54, 1.807) is 0 Å². The van der Waals surface area contributed by atoms with E-state index < -0.39 is 44.8 Å². The fourth-order valence-corrected chi connectivity index (χ4v) is 3.00. The highest BCUT2D eigenvalue weighted by atomic mass is 32.2. The maximum absolute atomic E-state index is 13.9. The third kappa shape index (κ3) is 5.61. The summed E-state index contributed by atoms with van der Waals surface area (Å²) in [5.74, 6) is -2.59. The molecule has 0 saturated carbocycles. The van der Waals surface area contributed by atoms with Gasteiger partial charge in [0.15, 0.2) is 6.61 Å². The SMILES string of the molecule is CC(C)N(Cc1ccccc1)C(=O)COC(=O)c1cc(S(N)(=O)=O)ccc1F. The standard InChI is InChI=1S/C19H21FN2O5S/c1-13(2)22(11-14-6-4-3-5-7-14)18(23)12-27-19(24)16-10-15(28(21,25)26)8-9-17(16)20/h3-10,13H,11-12H2,1-2H3,(H2,21,25,26). The van der Waals surface area contributed by atoms with Gasteiger partial charge < -0.3 is 9.64 Å². The number of benzene rings is 2. The number of ether oxygens (including phenoxy) is 1. The van der Waals surface area contributed by atoms with Gasteiger partial charge in [0.05, 0.1) is 10.5 Å². The van der Waals surface area contributed by atoms with Gasteiger partial charge in [-0.15, -0.1) is 0 Å². The number of carbonyl (C=O) groups excluding carboxylic acids is 2. The van der Waals surface area contributed by atoms with Gasteiger partial charge in [-0.3, -0.25) is 4.79 Å². The molecule has 2 aromatic carbocycles. The lowest BCUT2D eigenvalue weighted by Gasteiger charge is -2.26. The molecule has 9 heteroatoms. The van der Waals surface area contributed by atoms with E-state index in [0.717, 1.165) is 23.8 Å². The first-order chi connectivity index (χ1) is 13.1. The van der Waals surface area contributed by atoms with Crippen LogP contribution in [0.15, 0.2) is 53.4 Å². The lowest BCUT2D eigenvalue weighted by molar-refractivity contribution is -0.136. The molecule has 0 radical (unpaired) electrons. The summed E-state index contributed by atoms with van der Waals surface area (Å²) in [5.41, 5.74) is 0.293. The van der Waals surface area contributed by atoms with Crippen LogP contribution in [0, 0.1) is 5.82 Å². The average Bonchev–Trinajstić information content (AvgIpc) is 2.64. The molecule has 28 heavy (non-hydrogen) atoms. The van der Waals surface area contributed by atoms with E-state index in [4.69, 9.17) is 9.88 Å². The lowest BCUT2D eigenvalue weighted by Crippen LogP contribution is -2.39. The Morgan fingerprint density at radius 3 is 2.36 bits per heavy atom. The normalized spacial score (nSPS) is 11.3. The number of nitrogens with zero attached hydrogens (tertiary/aromatic N) is 1. The Kier molecular flexibility index (Phi) is 6.87. The summed E-state index contributed by atoms with van der Waals surface area (Å²) in [5, 5.41) is 4.98. The minimum Gasteiger partial charge on any atom is -0.452 e. The number of rotatable bonds is 7. The molecule has 0 aliphatic heterocycles. The van der Waals surface area contributed by atoms with Crippen molar-refractivity contribution >= 4 is 21.9 Å². The number of primary sulfonamides is 1. The van der Waals surface area contributed by atoms with Crippen LogP contribution in [-0.2, 0) is 26.1 Å². The average molecular weight is 408 g/mol. The Bertz CT molecular complexity index is 962. The molecule has 0 heterocycles. The van der Waals surface area contributed by atoms with E-state index in [0.29, 0.717) is 6.54 Å². The molecule has 0 unspecified atom stereocenters. The number of amides is 1. The van der Waals surface area contributed by atoms with Crippen LogP contribution in [0.4, 0.5) is 4.39 Å². The number of esters is 1. The topological polar surface area (TPSA) is 107 Å². The molecule has 2 N–H and O–H groups in total. The second-order valence-corrected chi connectivity index (χ2v) is 7.93. The van der Waals surface area contributed by atoms with Crippen molar-refractivity contribution in [1.29, 1.82) is 0 Å². The smallest absolute Gasteiger partial charge is 0.341 e. The van der Waals surface area contributed by atoms with Crippen LogP contribution in [0.3, 0.4) is 0 Å². The van der Waals surface area contributed by atoms with E-state index in [-0.39, 0.29) is 6.04 Å². The first-order valence-electron chi connectivity index (χ1n) is 8.42. The minimum absolute atomic E-state index is 0.158. The van der Waals surface area contributed by atoms with Crippen molar-refractivity contribution in [1.82, 2.24) is 4.90 Å². The zero-order chi connectivity index (χ0) is 20.9. The van der Waals surface area contributed by atoms with Crippen molar-refractivity contribution in [2.75, 3.05) is 6.61 Å². The molecule has 0 bridgehead atoms. The zero-order valence-electron chi connectivity index (χ0n) is 15.5. The summed E-state index contributed by atoms with van der Waals surface area (Å²) in [4.78, 5) is 25.7. The van der Waals surface area contributed by atoms with Crippen molar-refractivity contribution in [3.63, 3.8) is 0 Å². The monoisotopic (exact) mass is 408 g/mol. The van der Waals surface area contributed by atoms with Gasteiger partial charge in [-0.25, -0.2) is 22.7 Å². The number of nitrogens with two attached hydrogens (primary N) is 1. The number of halogens is 1. The third-order valence-corrected chi connectivity index (χ3v) is 4.86. The number of hydrogen-bond acceptors (Lipinski definition) is 5. The Morgan fingerprint density at radius 1 is 1.14 bits per heavy atom. The van der Waals surface area contributed by atoms with Crippen molar-refractivity contribution in [2.24, 2.45) is 5.14 Å². The van der Waals surface area contributed by atoms with Crippen LogP contribution >= 0.6 is 0 Å². The molecule has 2 aromatic rings. The van der Waals surface area contributed by atoms with Crippen molar-refractivity contribution in [3.8, 4) is 0 Å². The predicted molar refractivity (Wildman–Crippen MR) is 100 cm³/mol. The molecule has 0 fully saturated rings. The largest absolute Gasteiger partial charge is 0.452 e. The van der Waals surface area contributed by atoms with Crippen LogP contribution in [-0.4, -0.2) is 37.8 Å². The highest BCUT2D eigenvalue weighted by Crippen LogP contribution is 2.16. The fraction of sp³-hybridized carbons (Fsp3) is 0.263. The molecular weight excluding hydrogens is 387 g/mol. The second kappa shape index (κ2) is 8.94. The second-order valence-electron chi connectivity index (χ2n) is 6.36. The minimum atomic E-state index is -4.12. The maximum Gasteiger partial charge on any atom is 0.341 e. The molecule has 1 amide bonds. The van der Waals surface area contributed by atoms with Crippen LogP contribution in [0.5, 0.6) is 0 Å². The van der Waals surface area contributed by atoms with Gasteiger partial charge >= 0.3 is 5.97 Å². The molecule has 0 saturated heterocycles. The Morgan fingerprint density at radius 2 is 1.79 bits per heavy atom. The zero-order valence-corrected chi connectivity index (χ0v) is 16.3. The number of carbonyl (C=O) groups is 2. The molecule has 150 valence electrons. The van der Waals surface area contributed by atoms with Crippen molar-refractivity contribution < 1.29 is 27.1 Å². The molecule has 0 atom stereocenters. The molecule has 0 aliphatic rings. The quantitative estimate of drug-likeness (QED) is 0.706. The van der Waals surface area contributed by atoms with Gasteiger partial charge in [-0.1, -0.05) is 30.3 Å². The number of hydrogen-bond donors (Lipinski definition) is 1. The molecule has 2 rings (SSSR count). The van der Waals surface area contributed by atoms with Crippen LogP contribution in [0.25, 0.3) is 0 Å². The van der Waals surface area contributed by atoms with Crippen molar-refractivity contribution in [3.05, 3.63) is 65.5 Å². The highest BCUT2D eigenvalue weighted by Gasteiger charge is 2.22. The van der Waals surface area contributed by atoms with E-state index in [1.165, 1.54) is 4.90 Å². The molecule has 0 aliphatic carbocycles. The maximum atomic E-state index is 13.9. The summed E-state index contributed by atoms with van der Waals surface area (Å²) in [6.07, 6.45) is 0. The first-order valence-corrected chi connectivity index (χ1v) is 9.97. The number of sulfonamides is 1. The van der Waals surface area contributed by atoms with Gasteiger partial charge in [0, 0.05) is 12.6 Å². The van der Waals surface area contributed by atoms with Crippen LogP contribution in [0.2, 0.25) is 0 Å². The summed E-state index contributed by atoms with van der Waals surface area (Å²) in [6, 6.07) is 11.6. The molecular formula is C19H21FN2O5S. The third-order valence-electron chi connectivity index (χ3n) is 3.95. The van der Waals surface area contributed by atoms with Crippen LogP contribution in [0.1, 0.15) is 29.8 Å². The summed E-state index contributed by atoms with van der Waals surface area (Å²) >= 11 is 0. The van der Waals surface area contributed by atoms with Gasteiger partial charge in [-0.05, 0) is 37.6 Å². The van der Waals surface area contributed by atoms with Crippen molar-refractivity contribution in [2.45, 2.75) is 31.3 Å². The van der Waals surface area contributed by atoms with Gasteiger partial charge in [0.1, 0.15) is 5.82 Å². The lowest BCUT2D eigenvalue weighted by atomic mass is 10.2. The van der Waals surface area contributed by atoms with Crippen LogP contribution < -0.4 is 5.14 Å². The van der Waals surface area contributed by atoms with Gasteiger partial charge in [-0.2, -0.15) is 0 Å². The summed E-state index contributed by atoms with van der Waals surface area (Å²) in [6.45, 7) is 3.35. The predicted octanol–water partition coefficient (Wildman–Crippen LogP) is 2.07. The van der Waals surface area contributed by atoms with E-state index in [1.807, 2.05) is 44.2 Å². The van der Waals surface area contributed by atoms with E-state index in [9.17, 15) is 22.4 Å². The van der Waals surface area contributed by atoms with Gasteiger partial charge in [0.2, 0.25) is 10.0 Å². The first kappa shape index (κ1) is 21.5. The van der Waals surface area contributed by atoms with E-state index in [2.05, 4.69) is 0 Å². The van der Waals surface area contributed by atoms with Gasteiger partial charge in [0.25, 0.3) is 5.91 Å².